The summed E-state index contributed by atoms with van der Waals surface area (Å²) < 4.78 is 8.54. The third-order valence-corrected chi connectivity index (χ3v) is 11.6. The van der Waals surface area contributed by atoms with Gasteiger partial charge in [-0.1, -0.05) is 22.4 Å². The Morgan fingerprint density at radius 3 is 1.81 bits per heavy atom. The number of aryl methyl sites for hydroxylation is 2. The molecule has 2 aliphatic rings. The Labute approximate surface area is 370 Å². The molecule has 0 spiro atoms. The molecule has 0 radical (unpaired) electrons. The van der Waals surface area contributed by atoms with E-state index >= 15 is 0 Å². The topological polar surface area (TPSA) is 141 Å². The van der Waals surface area contributed by atoms with E-state index in [4.69, 9.17) is 4.74 Å². The number of hydrogen-bond donors (Lipinski definition) is 4. The van der Waals surface area contributed by atoms with Crippen molar-refractivity contribution in [1.82, 2.24) is 20.4 Å². The van der Waals surface area contributed by atoms with Crippen LogP contribution in [0.1, 0.15) is 57.5 Å². The Kier molecular flexibility index (Phi) is 17.8. The molecule has 12 nitrogen and oxygen atoms in total. The lowest BCUT2D eigenvalue weighted by Gasteiger charge is -2.26. The summed E-state index contributed by atoms with van der Waals surface area (Å²) in [6.07, 6.45) is 4.65. The van der Waals surface area contributed by atoms with E-state index in [-0.39, 0.29) is 23.1 Å². The minimum atomic E-state index is -0.479. The maximum atomic E-state index is 12.8. The van der Waals surface area contributed by atoms with Gasteiger partial charge in [0.25, 0.3) is 17.5 Å². The summed E-state index contributed by atoms with van der Waals surface area (Å²) in [6.45, 7) is 12.6. The lowest BCUT2D eigenvalue weighted by atomic mass is 10.1. The minimum Gasteiger partial charge on any atom is -0.379 e. The van der Waals surface area contributed by atoms with Gasteiger partial charge in [-0.05, 0) is 170 Å². The number of morpholine rings is 1. The van der Waals surface area contributed by atoms with Crippen LogP contribution in [-0.4, -0.2) is 92.1 Å². The number of non-ortho nitro benzene ring substituents is 1. The fourth-order valence-corrected chi connectivity index (χ4v) is 8.27. The van der Waals surface area contributed by atoms with Gasteiger partial charge in [0.1, 0.15) is 0 Å². The standard InChI is InChI=1S/C22H27IN4O3.C20H23BrIN3O2/c1-16-14-17(23)6-8-20(16)25-21-9-7-18(27(29)30)15-19(21)22(28)24-10-5-13-26-11-3-2-4-12-26;1-14-12-16(22)3-5-18(14)24-19-4-2-15(21)13-17(19)20(26)23-6-7-25-8-10-27-11-9-25/h6-9,14-15,25H,2-5,10-13H2,1H3,(H,24,28);2-5,12-13,24H,6-11H2,1H3,(H,23,26). The van der Waals surface area contributed by atoms with Gasteiger partial charge in [0.2, 0.25) is 0 Å². The number of carbonyl (C=O) groups excluding carboxylic acids is 2. The number of nitro groups is 1. The summed E-state index contributed by atoms with van der Waals surface area (Å²) >= 11 is 8.02. The zero-order valence-electron chi connectivity index (χ0n) is 32.3. The van der Waals surface area contributed by atoms with Crippen molar-refractivity contribution in [2.24, 2.45) is 0 Å². The zero-order valence-corrected chi connectivity index (χ0v) is 38.2. The second kappa shape index (κ2) is 22.7. The number of likely N-dealkylation sites (tertiary alicyclic amines) is 1. The molecule has 0 atom stereocenters. The Morgan fingerprint density at radius 2 is 1.23 bits per heavy atom. The number of benzene rings is 4. The molecule has 2 amide bonds. The van der Waals surface area contributed by atoms with E-state index in [1.807, 2.05) is 49.4 Å². The molecule has 2 aliphatic heterocycles. The molecule has 0 bridgehead atoms. The smallest absolute Gasteiger partial charge is 0.270 e. The molecule has 4 aromatic rings. The van der Waals surface area contributed by atoms with Crippen molar-refractivity contribution < 1.29 is 19.2 Å². The van der Waals surface area contributed by atoms with Gasteiger partial charge in [0.15, 0.2) is 0 Å². The van der Waals surface area contributed by atoms with Crippen molar-refractivity contribution in [3.05, 3.63) is 117 Å². The average molecular weight is 1070 g/mol. The number of hydrogen-bond acceptors (Lipinski definition) is 9. The summed E-state index contributed by atoms with van der Waals surface area (Å²) in [5.74, 6) is -0.377. The van der Waals surface area contributed by atoms with E-state index < -0.39 is 4.92 Å². The van der Waals surface area contributed by atoms with Crippen molar-refractivity contribution in [2.75, 3.05) is 76.2 Å². The van der Waals surface area contributed by atoms with Crippen LogP contribution in [0.5, 0.6) is 0 Å². The van der Waals surface area contributed by atoms with Crippen LogP contribution in [0.25, 0.3) is 0 Å². The number of nitrogens with one attached hydrogen (secondary N) is 4. The van der Waals surface area contributed by atoms with Gasteiger partial charge in [-0.25, -0.2) is 0 Å². The van der Waals surface area contributed by atoms with Crippen molar-refractivity contribution in [3.8, 4) is 0 Å². The average Bonchev–Trinajstić information content (AvgIpc) is 3.20. The van der Waals surface area contributed by atoms with E-state index in [2.05, 4.69) is 111 Å². The fourth-order valence-electron chi connectivity index (χ4n) is 6.61. The summed E-state index contributed by atoms with van der Waals surface area (Å²) in [6, 6.07) is 22.2. The second-order valence-corrected chi connectivity index (χ2v) is 17.5. The van der Waals surface area contributed by atoms with E-state index in [9.17, 15) is 19.7 Å². The zero-order chi connectivity index (χ0) is 40.7. The van der Waals surface area contributed by atoms with Gasteiger partial charge in [-0.3, -0.25) is 24.6 Å². The molecule has 2 saturated heterocycles. The second-order valence-electron chi connectivity index (χ2n) is 14.1. The number of halogens is 3. The number of piperidine rings is 1. The van der Waals surface area contributed by atoms with Crippen LogP contribution >= 0.6 is 61.1 Å². The molecule has 0 aliphatic carbocycles. The number of ether oxygens (including phenoxy) is 1. The molecule has 304 valence electrons. The van der Waals surface area contributed by atoms with Crippen LogP contribution in [0.3, 0.4) is 0 Å². The minimum absolute atomic E-state index is 0.0739. The number of anilines is 4. The Bertz CT molecular complexity index is 2010. The van der Waals surface area contributed by atoms with Gasteiger partial charge in [-0.15, -0.1) is 0 Å². The lowest BCUT2D eigenvalue weighted by molar-refractivity contribution is -0.384. The molecule has 4 aromatic carbocycles. The third kappa shape index (κ3) is 14.2. The molecule has 15 heteroatoms. The molecular formula is C42H50BrI2N7O5. The highest BCUT2D eigenvalue weighted by Crippen LogP contribution is 2.29. The van der Waals surface area contributed by atoms with Crippen LogP contribution in [0.4, 0.5) is 28.4 Å². The quantitative estimate of drug-likeness (QED) is 0.0422. The predicted octanol–water partition coefficient (Wildman–Crippen LogP) is 9.02. The van der Waals surface area contributed by atoms with E-state index in [0.29, 0.717) is 24.3 Å². The summed E-state index contributed by atoms with van der Waals surface area (Å²) in [5, 5.41) is 23.9. The number of amides is 2. The van der Waals surface area contributed by atoms with Crippen LogP contribution in [0.2, 0.25) is 0 Å². The third-order valence-electron chi connectivity index (χ3n) is 9.80. The summed E-state index contributed by atoms with van der Waals surface area (Å²) in [5.41, 5.74) is 6.20. The van der Waals surface area contributed by atoms with Crippen LogP contribution in [-0.2, 0) is 4.74 Å². The molecule has 57 heavy (non-hydrogen) atoms. The van der Waals surface area contributed by atoms with Gasteiger partial charge in [0, 0.05) is 67.8 Å². The van der Waals surface area contributed by atoms with Gasteiger partial charge in [0.05, 0.1) is 40.6 Å². The SMILES string of the molecule is Cc1cc(I)ccc1Nc1ccc(Br)cc1C(=O)NCCN1CCOCC1.Cc1cc(I)ccc1Nc1ccc([N+](=O)[O-])cc1C(=O)NCCCN1CCCCC1. The molecule has 0 unspecified atom stereocenters. The molecule has 4 N–H and O–H groups in total. The number of nitrogens with zero attached hydrogens (tertiary/aromatic N) is 3. The monoisotopic (exact) mass is 1070 g/mol. The van der Waals surface area contributed by atoms with Crippen LogP contribution in [0, 0.1) is 31.1 Å². The first-order chi connectivity index (χ1) is 27.5. The first-order valence-corrected chi connectivity index (χ1v) is 22.1. The van der Waals surface area contributed by atoms with Gasteiger partial charge < -0.3 is 30.9 Å². The molecule has 2 heterocycles. The first-order valence-electron chi connectivity index (χ1n) is 19.2. The van der Waals surface area contributed by atoms with Gasteiger partial charge in [-0.2, -0.15) is 0 Å². The van der Waals surface area contributed by atoms with Crippen LogP contribution in [0.15, 0.2) is 77.3 Å². The highest BCUT2D eigenvalue weighted by atomic mass is 127. The largest absolute Gasteiger partial charge is 0.379 e. The molecule has 0 saturated carbocycles. The van der Waals surface area contributed by atoms with Crippen molar-refractivity contribution in [3.63, 3.8) is 0 Å². The molecule has 0 aromatic heterocycles. The lowest BCUT2D eigenvalue weighted by Crippen LogP contribution is -2.41. The van der Waals surface area contributed by atoms with E-state index in [1.54, 1.807) is 6.07 Å². The van der Waals surface area contributed by atoms with E-state index in [0.717, 1.165) is 95.1 Å². The number of rotatable bonds is 14. The Morgan fingerprint density at radius 1 is 0.702 bits per heavy atom. The van der Waals surface area contributed by atoms with Crippen molar-refractivity contribution in [2.45, 2.75) is 39.5 Å². The fraction of sp³-hybridized carbons (Fsp3) is 0.381. The Hall–Kier alpha value is -3.36. The molecular weight excluding hydrogens is 1020 g/mol. The van der Waals surface area contributed by atoms with Crippen LogP contribution < -0.4 is 21.3 Å². The highest BCUT2D eigenvalue weighted by Gasteiger charge is 2.19. The first kappa shape index (κ1) is 44.7. The number of carbonyl (C=O) groups is 2. The summed E-state index contributed by atoms with van der Waals surface area (Å²) in [4.78, 5) is 41.1. The number of nitro benzene ring substituents is 1. The maximum Gasteiger partial charge on any atom is 0.270 e. The summed E-state index contributed by atoms with van der Waals surface area (Å²) in [7, 11) is 0. The normalized spacial score (nSPS) is 14.5. The van der Waals surface area contributed by atoms with Gasteiger partial charge >= 0.3 is 0 Å². The Balaban J connectivity index is 0.000000219. The maximum absolute atomic E-state index is 12.8. The molecule has 6 rings (SSSR count). The van der Waals surface area contributed by atoms with Crippen molar-refractivity contribution >= 4 is 101 Å². The van der Waals surface area contributed by atoms with Crippen molar-refractivity contribution in [1.29, 1.82) is 0 Å². The van der Waals surface area contributed by atoms with E-state index in [1.165, 1.54) is 35.0 Å². The highest BCUT2D eigenvalue weighted by molar-refractivity contribution is 14.1. The predicted molar refractivity (Wildman–Crippen MR) is 248 cm³/mol. The molecule has 2 fully saturated rings.